The molecule has 0 unspecified atom stereocenters. The van der Waals surface area contributed by atoms with Crippen LogP contribution >= 0.6 is 34.2 Å². The first-order valence-corrected chi connectivity index (χ1v) is 5.81. The van der Waals surface area contributed by atoms with E-state index in [9.17, 15) is 4.79 Å². The molecule has 0 aliphatic heterocycles. The molecule has 0 atom stereocenters. The number of benzene rings is 1. The largest absolute Gasteiger partial charge is 0.480 e. The fraction of sp³-hybridized carbons (Fsp3) is 0.182. The first kappa shape index (κ1) is 13.1. The van der Waals surface area contributed by atoms with Gasteiger partial charge in [0.05, 0.1) is 5.02 Å². The van der Waals surface area contributed by atoms with Crippen molar-refractivity contribution in [2.45, 2.75) is 0 Å². The van der Waals surface area contributed by atoms with E-state index in [4.69, 9.17) is 21.1 Å². The van der Waals surface area contributed by atoms with Crippen LogP contribution in [0.3, 0.4) is 0 Å². The Morgan fingerprint density at radius 2 is 2.19 bits per heavy atom. The maximum atomic E-state index is 11.1. The van der Waals surface area contributed by atoms with Crippen LogP contribution in [0.1, 0.15) is 0 Å². The molecule has 0 aliphatic carbocycles. The molecule has 1 aromatic carbocycles. The van der Waals surface area contributed by atoms with E-state index in [0.29, 0.717) is 10.8 Å². The van der Waals surface area contributed by atoms with Crippen molar-refractivity contribution in [3.05, 3.63) is 29.3 Å². The van der Waals surface area contributed by atoms with Gasteiger partial charge in [0.25, 0.3) is 0 Å². The molecule has 0 radical (unpaired) electrons. The fourth-order valence-electron chi connectivity index (χ4n) is 0.884. The van der Waals surface area contributed by atoms with E-state index in [1.807, 2.05) is 22.6 Å². The molecule has 0 aliphatic rings. The number of hydrogen-bond donors (Lipinski definition) is 0. The zero-order valence-corrected chi connectivity index (χ0v) is 11.1. The number of para-hydroxylation sites is 1. The Balaban J connectivity index is 2.36. The number of halogens is 2. The lowest BCUT2D eigenvalue weighted by Gasteiger charge is -2.06. The molecule has 1 aromatic rings. The van der Waals surface area contributed by atoms with Crippen molar-refractivity contribution in [1.82, 2.24) is 0 Å². The molecule has 0 heterocycles. The Kier molecular flexibility index (Phi) is 6.04. The van der Waals surface area contributed by atoms with Gasteiger partial charge in [-0.2, -0.15) is 0 Å². The minimum absolute atomic E-state index is 0.0770. The van der Waals surface area contributed by atoms with Crippen LogP contribution in [0.4, 0.5) is 0 Å². The summed E-state index contributed by atoms with van der Waals surface area (Å²) in [6, 6.07) is 6.92. The second-order valence-electron chi connectivity index (χ2n) is 2.65. The third kappa shape index (κ3) is 4.73. The SMILES string of the molecule is O=C(COc1ccccc1Cl)OCC#CI. The van der Waals surface area contributed by atoms with Crippen LogP contribution in [0.25, 0.3) is 0 Å². The van der Waals surface area contributed by atoms with Gasteiger partial charge in [-0.25, -0.2) is 4.79 Å². The fourth-order valence-corrected chi connectivity index (χ4v) is 1.23. The van der Waals surface area contributed by atoms with E-state index in [0.717, 1.165) is 0 Å². The van der Waals surface area contributed by atoms with Gasteiger partial charge in [-0.05, 0) is 16.1 Å². The molecule has 84 valence electrons. The predicted octanol–water partition coefficient (Wildman–Crippen LogP) is 2.66. The van der Waals surface area contributed by atoms with Gasteiger partial charge in [0.2, 0.25) is 0 Å². The van der Waals surface area contributed by atoms with Crippen molar-refractivity contribution >= 4 is 40.2 Å². The zero-order valence-electron chi connectivity index (χ0n) is 8.20. The minimum Gasteiger partial charge on any atom is -0.480 e. The molecule has 0 saturated heterocycles. The number of carbonyl (C=O) groups is 1. The summed E-state index contributed by atoms with van der Waals surface area (Å²) >= 11 is 7.70. The van der Waals surface area contributed by atoms with Crippen molar-refractivity contribution in [1.29, 1.82) is 0 Å². The normalized spacial score (nSPS) is 8.88. The molecule has 0 fully saturated rings. The highest BCUT2D eigenvalue weighted by Crippen LogP contribution is 2.22. The van der Waals surface area contributed by atoms with Crippen LogP contribution in [0.15, 0.2) is 24.3 Å². The van der Waals surface area contributed by atoms with Gasteiger partial charge in [0, 0.05) is 22.6 Å². The van der Waals surface area contributed by atoms with Crippen LogP contribution in [-0.2, 0) is 9.53 Å². The molecule has 0 N–H and O–H groups in total. The van der Waals surface area contributed by atoms with Gasteiger partial charge in [0.1, 0.15) is 5.75 Å². The van der Waals surface area contributed by atoms with E-state index in [2.05, 4.69) is 9.85 Å². The molecular weight excluding hydrogens is 342 g/mol. The second kappa shape index (κ2) is 7.36. The Hall–Kier alpha value is -0.930. The smallest absolute Gasteiger partial charge is 0.345 e. The monoisotopic (exact) mass is 350 g/mol. The van der Waals surface area contributed by atoms with Gasteiger partial charge < -0.3 is 9.47 Å². The summed E-state index contributed by atoms with van der Waals surface area (Å²) in [4.78, 5) is 11.1. The maximum Gasteiger partial charge on any atom is 0.345 e. The highest BCUT2D eigenvalue weighted by atomic mass is 127. The highest BCUT2D eigenvalue weighted by molar-refractivity contribution is 14.1. The van der Waals surface area contributed by atoms with E-state index in [-0.39, 0.29) is 13.2 Å². The Labute approximate surface area is 112 Å². The maximum absolute atomic E-state index is 11.1. The Morgan fingerprint density at radius 1 is 1.44 bits per heavy atom. The number of carbonyl (C=O) groups excluding carboxylic acids is 1. The van der Waals surface area contributed by atoms with Crippen LogP contribution in [-0.4, -0.2) is 19.2 Å². The van der Waals surface area contributed by atoms with Gasteiger partial charge in [-0.1, -0.05) is 29.7 Å². The molecule has 16 heavy (non-hydrogen) atoms. The predicted molar refractivity (Wildman–Crippen MR) is 69.7 cm³/mol. The standard InChI is InChI=1S/C11H8ClIO3/c12-9-4-1-2-5-10(9)16-8-11(14)15-7-3-6-13/h1-2,4-5H,7-8H2. The number of esters is 1. The first-order valence-electron chi connectivity index (χ1n) is 4.35. The van der Waals surface area contributed by atoms with Crippen molar-refractivity contribution < 1.29 is 14.3 Å². The summed E-state index contributed by atoms with van der Waals surface area (Å²) in [7, 11) is 0. The zero-order chi connectivity index (χ0) is 11.8. The molecule has 0 spiro atoms. The minimum atomic E-state index is -0.473. The first-order chi connectivity index (χ1) is 7.74. The molecule has 1 rings (SSSR count). The lowest BCUT2D eigenvalue weighted by Crippen LogP contribution is -2.15. The molecule has 0 saturated carbocycles. The number of hydrogen-bond acceptors (Lipinski definition) is 3. The Bertz CT molecular complexity index is 423. The van der Waals surface area contributed by atoms with E-state index in [1.165, 1.54) is 0 Å². The third-order valence-electron chi connectivity index (χ3n) is 1.55. The van der Waals surface area contributed by atoms with Gasteiger partial charge in [0.15, 0.2) is 13.2 Å². The topological polar surface area (TPSA) is 35.5 Å². The molecule has 5 heteroatoms. The van der Waals surface area contributed by atoms with E-state index in [1.54, 1.807) is 24.3 Å². The van der Waals surface area contributed by atoms with Crippen LogP contribution in [0.5, 0.6) is 5.75 Å². The molecule has 3 nitrogen and oxygen atoms in total. The summed E-state index contributed by atoms with van der Waals surface area (Å²) in [6.07, 6.45) is 0. The van der Waals surface area contributed by atoms with Crippen LogP contribution in [0, 0.1) is 9.85 Å². The number of rotatable bonds is 4. The lowest BCUT2D eigenvalue weighted by atomic mass is 10.3. The summed E-state index contributed by atoms with van der Waals surface area (Å²) in [5.74, 6) is 2.59. The number of ether oxygens (including phenoxy) is 2. The van der Waals surface area contributed by atoms with Crippen molar-refractivity contribution in [3.8, 4) is 15.6 Å². The van der Waals surface area contributed by atoms with Crippen LogP contribution < -0.4 is 4.74 Å². The summed E-state index contributed by atoms with van der Waals surface area (Å²) in [5.41, 5.74) is 0. The molecular formula is C11H8ClIO3. The molecule has 0 aromatic heterocycles. The molecule has 0 amide bonds. The average Bonchev–Trinajstić information content (AvgIpc) is 2.28. The lowest BCUT2D eigenvalue weighted by molar-refractivity contribution is -0.144. The van der Waals surface area contributed by atoms with E-state index < -0.39 is 5.97 Å². The van der Waals surface area contributed by atoms with Crippen molar-refractivity contribution in [2.24, 2.45) is 0 Å². The molecule has 0 bridgehead atoms. The summed E-state index contributed by atoms with van der Waals surface area (Å²) in [5, 5.41) is 0.461. The van der Waals surface area contributed by atoms with Crippen molar-refractivity contribution in [2.75, 3.05) is 13.2 Å². The van der Waals surface area contributed by atoms with Gasteiger partial charge >= 0.3 is 5.97 Å². The Morgan fingerprint density at radius 3 is 2.88 bits per heavy atom. The van der Waals surface area contributed by atoms with Gasteiger partial charge in [-0.15, -0.1) is 0 Å². The second-order valence-corrected chi connectivity index (χ2v) is 3.60. The third-order valence-corrected chi connectivity index (χ3v) is 2.25. The summed E-state index contributed by atoms with van der Waals surface area (Å²) < 4.78 is 12.5. The highest BCUT2D eigenvalue weighted by Gasteiger charge is 2.05. The quantitative estimate of drug-likeness (QED) is 0.476. The van der Waals surface area contributed by atoms with E-state index >= 15 is 0 Å². The summed E-state index contributed by atoms with van der Waals surface area (Å²) in [6.45, 7) is -0.0969. The average molecular weight is 351 g/mol. The van der Waals surface area contributed by atoms with Crippen LogP contribution in [0.2, 0.25) is 5.02 Å². The van der Waals surface area contributed by atoms with Crippen molar-refractivity contribution in [3.63, 3.8) is 0 Å². The van der Waals surface area contributed by atoms with Gasteiger partial charge in [-0.3, -0.25) is 0 Å².